The van der Waals surface area contributed by atoms with Crippen LogP contribution in [-0.4, -0.2) is 13.7 Å². The zero-order valence-corrected chi connectivity index (χ0v) is 42.4. The third kappa shape index (κ3) is 5.85. The lowest BCUT2D eigenvalue weighted by Gasteiger charge is -2.37. The second-order valence-electron chi connectivity index (χ2n) is 20.9. The number of benzene rings is 11. The minimum atomic E-state index is -0.986. The maximum atomic E-state index is 11.3. The molecule has 364 valence electrons. The minimum absolute atomic E-state index is 0.516. The zero-order chi connectivity index (χ0) is 52.0. The quantitative estimate of drug-likeness (QED) is 0.166. The van der Waals surface area contributed by atoms with Crippen molar-refractivity contribution in [1.29, 1.82) is 10.5 Å². The Morgan fingerprint density at radius 1 is 0.346 bits per heavy atom. The monoisotopic (exact) mass is 997 g/mol. The standard InChI is InChI=1S/C71H43N5O2/c1-71(2,76-60-31-15-9-23-46(60)47-24-10-16-32-61(47)76)64-65(74-58-29-13-7-25-48(58)52-35-37-54-50-27-11-17-33-62(50)77-69(54)67(52)74)56(44-21-5-3-19-42(44)40-72)39-57(45-22-6-4-20-43(45)41-73)66(64)75-59-30-14-8-26-49(59)53-36-38-55-51-28-12-18-34-63(51)78-70(55)68(53)75/h3-39H,1-2H3. The van der Waals surface area contributed by atoms with Gasteiger partial charge in [-0.3, -0.25) is 0 Å². The Bertz CT molecular complexity index is 5030. The van der Waals surface area contributed by atoms with E-state index in [2.05, 4.69) is 203 Å². The molecule has 16 rings (SSSR count). The summed E-state index contributed by atoms with van der Waals surface area (Å²) in [5.41, 5.74) is 14.8. The molecule has 0 fully saturated rings. The van der Waals surface area contributed by atoms with Gasteiger partial charge >= 0.3 is 0 Å². The summed E-state index contributed by atoms with van der Waals surface area (Å²) in [6.45, 7) is 4.67. The first kappa shape index (κ1) is 43.8. The van der Waals surface area contributed by atoms with E-state index >= 15 is 0 Å². The van der Waals surface area contributed by atoms with E-state index in [0.29, 0.717) is 11.1 Å². The molecule has 0 saturated carbocycles. The lowest BCUT2D eigenvalue weighted by molar-refractivity contribution is 0.462. The summed E-state index contributed by atoms with van der Waals surface area (Å²) >= 11 is 0. The molecule has 0 unspecified atom stereocenters. The molecule has 16 aromatic rings. The van der Waals surface area contributed by atoms with Crippen molar-refractivity contribution in [3.05, 3.63) is 241 Å². The van der Waals surface area contributed by atoms with Gasteiger partial charge in [-0.25, -0.2) is 0 Å². The van der Waals surface area contributed by atoms with Crippen LogP contribution in [0.3, 0.4) is 0 Å². The Morgan fingerprint density at radius 3 is 1.13 bits per heavy atom. The van der Waals surface area contributed by atoms with Gasteiger partial charge < -0.3 is 22.5 Å². The zero-order valence-electron chi connectivity index (χ0n) is 42.4. The molecule has 0 bridgehead atoms. The van der Waals surface area contributed by atoms with E-state index in [0.717, 1.165) is 148 Å². The third-order valence-corrected chi connectivity index (χ3v) is 16.5. The lowest BCUT2D eigenvalue weighted by atomic mass is 9.81. The van der Waals surface area contributed by atoms with Crippen LogP contribution in [0.1, 0.15) is 30.5 Å². The van der Waals surface area contributed by atoms with E-state index < -0.39 is 5.54 Å². The summed E-state index contributed by atoms with van der Waals surface area (Å²) in [6.07, 6.45) is 0. The molecule has 0 radical (unpaired) electrons. The first-order valence-corrected chi connectivity index (χ1v) is 26.3. The highest BCUT2D eigenvalue weighted by Gasteiger charge is 2.39. The van der Waals surface area contributed by atoms with Gasteiger partial charge in [-0.05, 0) is 80.6 Å². The molecule has 5 heterocycles. The average Bonchev–Trinajstić information content (AvgIpc) is 3.33. The summed E-state index contributed by atoms with van der Waals surface area (Å²) in [5, 5.41) is 33.1. The third-order valence-electron chi connectivity index (χ3n) is 16.5. The van der Waals surface area contributed by atoms with E-state index in [9.17, 15) is 10.5 Å². The van der Waals surface area contributed by atoms with Gasteiger partial charge in [0.05, 0.1) is 62.2 Å². The van der Waals surface area contributed by atoms with Gasteiger partial charge in [-0.2, -0.15) is 10.5 Å². The van der Waals surface area contributed by atoms with Crippen LogP contribution in [0.4, 0.5) is 0 Å². The predicted octanol–water partition coefficient (Wildman–Crippen LogP) is 18.6. The largest absolute Gasteiger partial charge is 0.454 e. The summed E-state index contributed by atoms with van der Waals surface area (Å²) in [6, 6.07) is 83.4. The Balaban J connectivity index is 1.25. The summed E-state index contributed by atoms with van der Waals surface area (Å²) < 4.78 is 21.7. The van der Waals surface area contributed by atoms with Gasteiger partial charge in [0.25, 0.3) is 0 Å². The Morgan fingerprint density at radius 2 is 0.692 bits per heavy atom. The van der Waals surface area contributed by atoms with E-state index in [-0.39, 0.29) is 0 Å². The highest BCUT2D eigenvalue weighted by atomic mass is 16.3. The maximum absolute atomic E-state index is 11.3. The maximum Gasteiger partial charge on any atom is 0.160 e. The summed E-state index contributed by atoms with van der Waals surface area (Å²) in [4.78, 5) is 0. The van der Waals surface area contributed by atoms with Crippen molar-refractivity contribution in [1.82, 2.24) is 13.7 Å². The van der Waals surface area contributed by atoms with Crippen molar-refractivity contribution < 1.29 is 8.83 Å². The summed E-state index contributed by atoms with van der Waals surface area (Å²) in [5.74, 6) is 0. The molecule has 0 aliphatic heterocycles. The fourth-order valence-corrected chi connectivity index (χ4v) is 13.3. The molecule has 7 nitrogen and oxygen atoms in total. The van der Waals surface area contributed by atoms with Gasteiger partial charge in [0.2, 0.25) is 0 Å². The van der Waals surface area contributed by atoms with Crippen molar-refractivity contribution in [3.63, 3.8) is 0 Å². The van der Waals surface area contributed by atoms with Crippen LogP contribution in [0.25, 0.3) is 143 Å². The van der Waals surface area contributed by atoms with E-state index in [4.69, 9.17) is 8.83 Å². The number of rotatable bonds is 6. The highest BCUT2D eigenvalue weighted by Crippen LogP contribution is 2.54. The van der Waals surface area contributed by atoms with Crippen LogP contribution >= 0.6 is 0 Å². The molecule has 0 saturated heterocycles. The second-order valence-corrected chi connectivity index (χ2v) is 20.9. The molecule has 0 aliphatic rings. The topological polar surface area (TPSA) is 88.7 Å². The Hall–Kier alpha value is -10.6. The van der Waals surface area contributed by atoms with Gasteiger partial charge in [-0.1, -0.05) is 158 Å². The molecule has 0 aliphatic carbocycles. The number of hydrogen-bond acceptors (Lipinski definition) is 4. The fraction of sp³-hybridized carbons (Fsp3) is 0.0423. The van der Waals surface area contributed by atoms with Crippen LogP contribution < -0.4 is 0 Å². The number of para-hydroxylation sites is 6. The van der Waals surface area contributed by atoms with Crippen molar-refractivity contribution in [2.24, 2.45) is 0 Å². The molecule has 0 spiro atoms. The highest BCUT2D eigenvalue weighted by molar-refractivity contribution is 6.24. The van der Waals surface area contributed by atoms with Crippen LogP contribution in [0.2, 0.25) is 0 Å². The van der Waals surface area contributed by atoms with Crippen LogP contribution in [0.5, 0.6) is 0 Å². The predicted molar refractivity (Wildman–Crippen MR) is 318 cm³/mol. The Kier molecular flexibility index (Phi) is 9.09. The molecule has 11 aromatic carbocycles. The summed E-state index contributed by atoms with van der Waals surface area (Å²) in [7, 11) is 0. The van der Waals surface area contributed by atoms with Gasteiger partial charge in [0.15, 0.2) is 11.2 Å². The molecule has 0 atom stereocenters. The number of aromatic nitrogens is 3. The smallest absolute Gasteiger partial charge is 0.160 e. The van der Waals surface area contributed by atoms with Crippen LogP contribution in [0.15, 0.2) is 233 Å². The molecule has 78 heavy (non-hydrogen) atoms. The van der Waals surface area contributed by atoms with E-state index in [1.165, 1.54) is 0 Å². The first-order chi connectivity index (χ1) is 38.4. The molecular formula is C71H43N5O2. The second kappa shape index (κ2) is 16.2. The number of nitriles is 2. The van der Waals surface area contributed by atoms with Crippen molar-refractivity contribution in [2.75, 3.05) is 0 Å². The first-order valence-electron chi connectivity index (χ1n) is 26.3. The molecule has 7 heteroatoms. The van der Waals surface area contributed by atoms with Crippen LogP contribution in [-0.2, 0) is 5.54 Å². The minimum Gasteiger partial charge on any atom is -0.454 e. The van der Waals surface area contributed by atoms with Gasteiger partial charge in [0.1, 0.15) is 11.2 Å². The van der Waals surface area contributed by atoms with E-state index in [1.54, 1.807) is 0 Å². The average molecular weight is 998 g/mol. The van der Waals surface area contributed by atoms with Gasteiger partial charge in [0, 0.05) is 92.7 Å². The number of hydrogen-bond donors (Lipinski definition) is 0. The Labute approximate surface area is 446 Å². The van der Waals surface area contributed by atoms with Crippen molar-refractivity contribution in [3.8, 4) is 45.8 Å². The molecular weight excluding hydrogens is 955 g/mol. The normalized spacial score (nSPS) is 12.2. The molecule has 5 aromatic heterocycles. The van der Waals surface area contributed by atoms with Crippen molar-refractivity contribution in [2.45, 2.75) is 19.4 Å². The van der Waals surface area contributed by atoms with E-state index in [1.807, 2.05) is 60.7 Å². The SMILES string of the molecule is CC(C)(c1c(-n2c3ccccc3c3ccc4c5ccccc5oc4c32)c(-c2ccccc2C#N)cc(-c2ccccc2C#N)c1-n1c2ccccc2c2ccc3c4ccccc4oc3c21)n1c2ccccc2c2ccccc21. The van der Waals surface area contributed by atoms with Gasteiger partial charge in [-0.15, -0.1) is 0 Å². The lowest BCUT2D eigenvalue weighted by Crippen LogP contribution is -2.31. The number of fused-ring (bicyclic) bond motifs is 17. The number of furan rings is 2. The fourth-order valence-electron chi connectivity index (χ4n) is 13.3. The molecule has 0 amide bonds. The number of nitrogens with zero attached hydrogens (tertiary/aromatic N) is 5. The molecule has 0 N–H and O–H groups in total. The van der Waals surface area contributed by atoms with Crippen LogP contribution in [0, 0.1) is 22.7 Å². The van der Waals surface area contributed by atoms with Crippen molar-refractivity contribution >= 4 is 109 Å².